The second-order valence-corrected chi connectivity index (χ2v) is 24.9. The quantitative estimate of drug-likeness (QED) is 0.0229. The van der Waals surface area contributed by atoms with Crippen molar-refractivity contribution in [2.45, 2.75) is 239 Å². The first-order valence-electron chi connectivity index (χ1n) is 25.2. The van der Waals surface area contributed by atoms with Crippen LogP contribution >= 0.6 is 15.9 Å². The van der Waals surface area contributed by atoms with Crippen LogP contribution < -0.4 is 0 Å². The van der Waals surface area contributed by atoms with Gasteiger partial charge in [-0.1, -0.05) is 126 Å². The van der Waals surface area contributed by atoms with Gasteiger partial charge < -0.3 is 18.3 Å². The summed E-state index contributed by atoms with van der Waals surface area (Å²) < 4.78 is 25.9. The zero-order chi connectivity index (χ0) is 41.0. The van der Waals surface area contributed by atoms with Crippen LogP contribution in [-0.2, 0) is 18.3 Å². The maximum Gasteiger partial charge on any atom is 0.333 e. The summed E-state index contributed by atoms with van der Waals surface area (Å²) in [5, 5.41) is 1.10. The standard InChI is InChI=1S/C51H95BrO4Si/c1-8-9-10-11-12-13-14-15-16-17-18-19-20-21-23-26-39-54-49(56-57(6,7)55-40-27-24-22-25-38-52)33-28-42(2)46-31-32-47-45-30-29-43-41-44(53-5)34-36-50(43,3)48(45)35-37-51(46,47)4/h15-16,42-49H,8-14,17-41H2,1-7H3/b16-15-/t42-,43?,44-,45?,46?,47?,48?,49?,50+,51-/m1/s1. The van der Waals surface area contributed by atoms with Crippen molar-refractivity contribution in [1.29, 1.82) is 0 Å². The molecule has 4 aliphatic rings. The van der Waals surface area contributed by atoms with E-state index in [2.05, 4.69) is 68.9 Å². The molecule has 0 aromatic heterocycles. The highest BCUT2D eigenvalue weighted by Gasteiger charge is 2.60. The molecular weight excluding hydrogens is 785 g/mol. The number of hydrogen-bond donors (Lipinski definition) is 0. The largest absolute Gasteiger partial charge is 0.394 e. The maximum absolute atomic E-state index is 6.86. The second kappa shape index (κ2) is 26.7. The SMILES string of the molecule is CCCCCCCC/C=C\CCCCCCCCOC(CC[C@@H](C)C1CCC2C3CCC4C[C@H](OC)CC[C@]4(C)C3CC[C@@]21C)O[Si](C)(C)OCCCCCCBr. The first kappa shape index (κ1) is 49.9. The molecule has 0 aromatic rings. The smallest absolute Gasteiger partial charge is 0.333 e. The zero-order valence-electron chi connectivity index (χ0n) is 38.9. The fourth-order valence-electron chi connectivity index (χ4n) is 13.0. The van der Waals surface area contributed by atoms with Crippen molar-refractivity contribution < 1.29 is 18.3 Å². The third-order valence-electron chi connectivity index (χ3n) is 16.4. The molecule has 6 heteroatoms. The number of fused-ring (bicyclic) bond motifs is 5. The average Bonchev–Trinajstić information content (AvgIpc) is 3.56. The van der Waals surface area contributed by atoms with Gasteiger partial charge in [0.05, 0.1) is 6.10 Å². The van der Waals surface area contributed by atoms with E-state index in [0.717, 1.165) is 67.4 Å². The molecule has 57 heavy (non-hydrogen) atoms. The van der Waals surface area contributed by atoms with Gasteiger partial charge in [-0.3, -0.25) is 0 Å². The molecule has 4 rings (SSSR count). The molecule has 334 valence electrons. The number of unbranched alkanes of at least 4 members (excludes halogenated alkanes) is 15. The fraction of sp³-hybridized carbons (Fsp3) is 0.961. The van der Waals surface area contributed by atoms with Crippen LogP contribution in [0.1, 0.15) is 214 Å². The summed E-state index contributed by atoms with van der Waals surface area (Å²) in [7, 11) is -0.347. The van der Waals surface area contributed by atoms with E-state index in [-0.39, 0.29) is 6.29 Å². The summed E-state index contributed by atoms with van der Waals surface area (Å²) >= 11 is 3.57. The monoisotopic (exact) mass is 879 g/mol. The topological polar surface area (TPSA) is 36.9 Å². The lowest BCUT2D eigenvalue weighted by Crippen LogP contribution is -2.54. The summed E-state index contributed by atoms with van der Waals surface area (Å²) in [5.74, 6) is 5.22. The van der Waals surface area contributed by atoms with Crippen LogP contribution in [0.15, 0.2) is 12.2 Å². The highest BCUT2D eigenvalue weighted by Crippen LogP contribution is 2.68. The van der Waals surface area contributed by atoms with Gasteiger partial charge >= 0.3 is 8.56 Å². The van der Waals surface area contributed by atoms with Crippen LogP contribution in [0.5, 0.6) is 0 Å². The lowest BCUT2D eigenvalue weighted by molar-refractivity contribution is -0.134. The van der Waals surface area contributed by atoms with Gasteiger partial charge in [0.25, 0.3) is 0 Å². The van der Waals surface area contributed by atoms with E-state index >= 15 is 0 Å². The molecule has 0 spiro atoms. The first-order valence-corrected chi connectivity index (χ1v) is 29.2. The predicted octanol–water partition coefficient (Wildman–Crippen LogP) is 16.1. The molecule has 0 radical (unpaired) electrons. The zero-order valence-corrected chi connectivity index (χ0v) is 41.5. The Morgan fingerprint density at radius 3 is 1.98 bits per heavy atom. The Balaban J connectivity index is 1.20. The molecule has 10 atom stereocenters. The number of halogens is 1. The van der Waals surface area contributed by atoms with Crippen molar-refractivity contribution in [2.24, 2.45) is 46.3 Å². The van der Waals surface area contributed by atoms with E-state index in [0.29, 0.717) is 22.9 Å². The summed E-state index contributed by atoms with van der Waals surface area (Å²) in [5.41, 5.74) is 1.04. The summed E-state index contributed by atoms with van der Waals surface area (Å²) in [6.45, 7) is 16.4. The van der Waals surface area contributed by atoms with Crippen LogP contribution in [0, 0.1) is 46.3 Å². The highest BCUT2D eigenvalue weighted by atomic mass is 79.9. The second-order valence-electron chi connectivity index (χ2n) is 20.8. The minimum Gasteiger partial charge on any atom is -0.394 e. The van der Waals surface area contributed by atoms with Gasteiger partial charge in [0.1, 0.15) is 6.29 Å². The maximum atomic E-state index is 6.86. The first-order chi connectivity index (χ1) is 27.6. The molecule has 0 heterocycles. The predicted molar refractivity (Wildman–Crippen MR) is 250 cm³/mol. The Bertz CT molecular complexity index is 1090. The lowest BCUT2D eigenvalue weighted by Gasteiger charge is -2.61. The van der Waals surface area contributed by atoms with Crippen LogP contribution in [-0.4, -0.2) is 46.6 Å². The van der Waals surface area contributed by atoms with Gasteiger partial charge in [-0.05, 0) is 175 Å². The third kappa shape index (κ3) is 15.8. The summed E-state index contributed by atoms with van der Waals surface area (Å²) in [6.07, 6.45) is 43.7. The summed E-state index contributed by atoms with van der Waals surface area (Å²) in [6, 6.07) is 0. The Kier molecular flexibility index (Phi) is 23.4. The van der Waals surface area contributed by atoms with Gasteiger partial charge in [0, 0.05) is 25.7 Å². The van der Waals surface area contributed by atoms with Crippen molar-refractivity contribution in [2.75, 3.05) is 25.7 Å². The van der Waals surface area contributed by atoms with Crippen LogP contribution in [0.3, 0.4) is 0 Å². The molecule has 0 bridgehead atoms. The van der Waals surface area contributed by atoms with Crippen molar-refractivity contribution in [3.05, 3.63) is 12.2 Å². The third-order valence-corrected chi connectivity index (χ3v) is 18.7. The normalized spacial score (nSPS) is 31.3. The lowest BCUT2D eigenvalue weighted by atomic mass is 9.44. The van der Waals surface area contributed by atoms with Gasteiger partial charge in [0.2, 0.25) is 0 Å². The fourth-order valence-corrected chi connectivity index (χ4v) is 14.9. The Labute approximate surface area is 364 Å². The molecule has 0 aromatic carbocycles. The van der Waals surface area contributed by atoms with Gasteiger partial charge in [-0.15, -0.1) is 0 Å². The molecule has 4 aliphatic carbocycles. The minimum absolute atomic E-state index is 0.135. The molecule has 4 fully saturated rings. The number of alkyl halides is 1. The van der Waals surface area contributed by atoms with E-state index in [4.69, 9.17) is 18.3 Å². The number of allylic oxidation sites excluding steroid dienone is 2. The van der Waals surface area contributed by atoms with Crippen LogP contribution in [0.2, 0.25) is 13.1 Å². The van der Waals surface area contributed by atoms with E-state index < -0.39 is 8.56 Å². The molecule has 4 saturated carbocycles. The molecular formula is C51H95BrO4Si. The molecule has 0 amide bonds. The summed E-state index contributed by atoms with van der Waals surface area (Å²) in [4.78, 5) is 0. The van der Waals surface area contributed by atoms with Gasteiger partial charge in [-0.25, -0.2) is 0 Å². The van der Waals surface area contributed by atoms with Crippen molar-refractivity contribution in [3.63, 3.8) is 0 Å². The minimum atomic E-state index is -2.29. The molecule has 0 aliphatic heterocycles. The number of rotatable bonds is 31. The average molecular weight is 880 g/mol. The molecule has 6 unspecified atom stereocenters. The van der Waals surface area contributed by atoms with Crippen molar-refractivity contribution in [1.82, 2.24) is 0 Å². The van der Waals surface area contributed by atoms with Crippen molar-refractivity contribution in [3.8, 4) is 0 Å². The number of methoxy groups -OCH3 is 1. The van der Waals surface area contributed by atoms with Gasteiger partial charge in [0.15, 0.2) is 0 Å². The molecule has 4 nitrogen and oxygen atoms in total. The molecule has 0 saturated heterocycles. The Morgan fingerprint density at radius 2 is 1.30 bits per heavy atom. The highest BCUT2D eigenvalue weighted by molar-refractivity contribution is 9.09. The Morgan fingerprint density at radius 1 is 0.684 bits per heavy atom. The molecule has 0 N–H and O–H groups in total. The number of hydrogen-bond acceptors (Lipinski definition) is 4. The van der Waals surface area contributed by atoms with Crippen molar-refractivity contribution >= 4 is 24.5 Å². The van der Waals surface area contributed by atoms with E-state index in [1.165, 1.54) is 167 Å². The van der Waals surface area contributed by atoms with Crippen LogP contribution in [0.25, 0.3) is 0 Å². The van der Waals surface area contributed by atoms with E-state index in [9.17, 15) is 0 Å². The van der Waals surface area contributed by atoms with Crippen LogP contribution in [0.4, 0.5) is 0 Å². The van der Waals surface area contributed by atoms with Gasteiger partial charge in [-0.2, -0.15) is 0 Å². The number of ether oxygens (including phenoxy) is 2. The Hall–Kier alpha value is 0.277. The van der Waals surface area contributed by atoms with E-state index in [1.807, 2.05) is 7.11 Å². The van der Waals surface area contributed by atoms with E-state index in [1.54, 1.807) is 0 Å².